The Kier molecular flexibility index (Phi) is 6.69. The molecule has 0 radical (unpaired) electrons. The van der Waals surface area contributed by atoms with Crippen LogP contribution < -0.4 is 10.1 Å². The van der Waals surface area contributed by atoms with Crippen LogP contribution in [0.25, 0.3) is 0 Å². The quantitative estimate of drug-likeness (QED) is 0.812. The number of carbonyl (C=O) groups is 1. The van der Waals surface area contributed by atoms with E-state index in [2.05, 4.69) is 25.2 Å². The summed E-state index contributed by atoms with van der Waals surface area (Å²) in [6, 6.07) is 6.01. The zero-order valence-electron chi connectivity index (χ0n) is 13.6. The van der Waals surface area contributed by atoms with Gasteiger partial charge in [0.1, 0.15) is 5.75 Å². The molecule has 0 spiro atoms. The van der Waals surface area contributed by atoms with Crippen LogP contribution in [-0.2, 0) is 4.79 Å². The fraction of sp³-hybridized carbons (Fsp3) is 0.588. The highest BCUT2D eigenvalue weighted by Gasteiger charge is 2.14. The first-order valence-electron chi connectivity index (χ1n) is 7.48. The lowest BCUT2D eigenvalue weighted by Crippen LogP contribution is -2.40. The normalized spacial score (nSPS) is 13.9. The number of benzene rings is 1. The minimum atomic E-state index is -0.169. The predicted octanol–water partition coefficient (Wildman–Crippen LogP) is 2.63. The Hall–Kier alpha value is -1.55. The van der Waals surface area contributed by atoms with Gasteiger partial charge >= 0.3 is 0 Å². The fourth-order valence-electron chi connectivity index (χ4n) is 1.87. The van der Waals surface area contributed by atoms with E-state index in [0.717, 1.165) is 11.3 Å². The summed E-state index contributed by atoms with van der Waals surface area (Å²) in [5.74, 6) is 1.03. The van der Waals surface area contributed by atoms with Crippen molar-refractivity contribution < 1.29 is 14.6 Å². The van der Waals surface area contributed by atoms with Crippen molar-refractivity contribution in [1.82, 2.24) is 5.32 Å². The molecule has 0 saturated heterocycles. The molecule has 118 valence electrons. The molecule has 0 heterocycles. The zero-order valence-corrected chi connectivity index (χ0v) is 13.6. The van der Waals surface area contributed by atoms with Crippen LogP contribution in [0.4, 0.5) is 0 Å². The van der Waals surface area contributed by atoms with Crippen molar-refractivity contribution in [3.8, 4) is 5.75 Å². The Morgan fingerprint density at radius 1 is 1.29 bits per heavy atom. The first-order valence-corrected chi connectivity index (χ1v) is 7.48. The molecule has 21 heavy (non-hydrogen) atoms. The Bertz CT molecular complexity index is 471. The second-order valence-corrected chi connectivity index (χ2v) is 5.98. The summed E-state index contributed by atoms with van der Waals surface area (Å²) in [5.41, 5.74) is 2.21. The summed E-state index contributed by atoms with van der Waals surface area (Å²) < 4.78 is 5.63. The van der Waals surface area contributed by atoms with Gasteiger partial charge < -0.3 is 15.2 Å². The number of aliphatic hydroxyl groups is 1. The smallest absolute Gasteiger partial charge is 0.258 e. The van der Waals surface area contributed by atoms with Crippen LogP contribution in [-0.4, -0.2) is 30.3 Å². The number of nitrogens with one attached hydrogen (secondary N) is 1. The van der Waals surface area contributed by atoms with Crippen LogP contribution in [0.15, 0.2) is 18.2 Å². The molecule has 1 rings (SSSR count). The van der Waals surface area contributed by atoms with Crippen LogP contribution in [0.1, 0.15) is 44.7 Å². The summed E-state index contributed by atoms with van der Waals surface area (Å²) in [5, 5.41) is 11.9. The average molecular weight is 293 g/mol. The Morgan fingerprint density at radius 3 is 2.52 bits per heavy atom. The van der Waals surface area contributed by atoms with E-state index in [0.29, 0.717) is 5.92 Å². The maximum Gasteiger partial charge on any atom is 0.258 e. The molecule has 2 unspecified atom stereocenters. The molecule has 2 atom stereocenters. The lowest BCUT2D eigenvalue weighted by Gasteiger charge is -2.19. The number of rotatable bonds is 7. The van der Waals surface area contributed by atoms with Gasteiger partial charge in [0.25, 0.3) is 5.91 Å². The Balaban J connectivity index is 2.59. The van der Waals surface area contributed by atoms with Gasteiger partial charge in [0.05, 0.1) is 0 Å². The Morgan fingerprint density at radius 2 is 1.95 bits per heavy atom. The fourth-order valence-corrected chi connectivity index (χ4v) is 1.87. The summed E-state index contributed by atoms with van der Waals surface area (Å²) in [6.45, 7) is 10.0. The van der Waals surface area contributed by atoms with Crippen LogP contribution in [0.5, 0.6) is 5.75 Å². The van der Waals surface area contributed by atoms with Crippen molar-refractivity contribution in [2.45, 2.75) is 46.6 Å². The van der Waals surface area contributed by atoms with Gasteiger partial charge in [0.2, 0.25) is 0 Å². The highest BCUT2D eigenvalue weighted by molar-refractivity contribution is 5.77. The van der Waals surface area contributed by atoms with Crippen molar-refractivity contribution in [1.29, 1.82) is 0 Å². The lowest BCUT2D eigenvalue weighted by atomic mass is 10.0. The predicted molar refractivity (Wildman–Crippen MR) is 84.6 cm³/mol. The number of carbonyl (C=O) groups excluding carboxylic acids is 1. The summed E-state index contributed by atoms with van der Waals surface area (Å²) in [4.78, 5) is 11.9. The topological polar surface area (TPSA) is 58.6 Å². The van der Waals surface area contributed by atoms with Crippen molar-refractivity contribution in [3.63, 3.8) is 0 Å². The maximum atomic E-state index is 11.9. The number of aryl methyl sites for hydroxylation is 1. The number of ether oxygens (including phenoxy) is 1. The van der Waals surface area contributed by atoms with Crippen molar-refractivity contribution >= 4 is 5.91 Å². The third kappa shape index (κ3) is 5.38. The van der Waals surface area contributed by atoms with Gasteiger partial charge in [-0.1, -0.05) is 32.9 Å². The number of hydrogen-bond acceptors (Lipinski definition) is 3. The molecule has 0 aliphatic carbocycles. The molecule has 0 bridgehead atoms. The molecule has 4 nitrogen and oxygen atoms in total. The molecule has 4 heteroatoms. The average Bonchev–Trinajstić information content (AvgIpc) is 2.45. The van der Waals surface area contributed by atoms with Gasteiger partial charge in [-0.25, -0.2) is 0 Å². The van der Waals surface area contributed by atoms with Crippen LogP contribution >= 0.6 is 0 Å². The molecule has 0 aromatic heterocycles. The molecule has 0 aliphatic rings. The van der Waals surface area contributed by atoms with Crippen molar-refractivity contribution in [3.05, 3.63) is 29.3 Å². The Labute approximate surface area is 127 Å². The second-order valence-electron chi connectivity index (χ2n) is 5.98. The highest BCUT2D eigenvalue weighted by atomic mass is 16.5. The van der Waals surface area contributed by atoms with E-state index >= 15 is 0 Å². The van der Waals surface area contributed by atoms with E-state index in [1.165, 1.54) is 5.56 Å². The molecule has 0 saturated carbocycles. The van der Waals surface area contributed by atoms with Gasteiger partial charge in [-0.15, -0.1) is 0 Å². The summed E-state index contributed by atoms with van der Waals surface area (Å²) in [7, 11) is 0. The molecular formula is C17H27NO3. The number of aliphatic hydroxyl groups excluding tert-OH is 1. The largest absolute Gasteiger partial charge is 0.483 e. The molecule has 2 N–H and O–H groups in total. The van der Waals surface area contributed by atoms with E-state index in [9.17, 15) is 4.79 Å². The summed E-state index contributed by atoms with van der Waals surface area (Å²) >= 11 is 0. The van der Waals surface area contributed by atoms with Gasteiger partial charge in [0.15, 0.2) is 6.61 Å². The van der Waals surface area contributed by atoms with E-state index < -0.39 is 0 Å². The first-order chi connectivity index (χ1) is 9.85. The lowest BCUT2D eigenvalue weighted by molar-refractivity contribution is -0.124. The molecule has 0 aliphatic heterocycles. The molecule has 1 amide bonds. The van der Waals surface area contributed by atoms with Crippen LogP contribution in [0.3, 0.4) is 0 Å². The third-order valence-electron chi connectivity index (χ3n) is 3.77. The standard InChI is InChI=1S/C17H27NO3/c1-11(2)15-7-6-12(3)16(8-15)21-10-17(20)18-14(5)13(4)9-19/h6-8,11,13-14,19H,9-10H2,1-5H3,(H,18,20). The van der Waals surface area contributed by atoms with Gasteiger partial charge in [-0.3, -0.25) is 4.79 Å². The van der Waals surface area contributed by atoms with Crippen molar-refractivity contribution in [2.24, 2.45) is 5.92 Å². The second kappa shape index (κ2) is 8.03. The minimum Gasteiger partial charge on any atom is -0.483 e. The molecular weight excluding hydrogens is 266 g/mol. The first kappa shape index (κ1) is 17.5. The SMILES string of the molecule is Cc1ccc(C(C)C)cc1OCC(=O)NC(C)C(C)CO. The molecule has 0 fully saturated rings. The van der Waals surface area contributed by atoms with E-state index in [1.54, 1.807) is 0 Å². The van der Waals surface area contributed by atoms with Gasteiger partial charge in [-0.2, -0.15) is 0 Å². The van der Waals surface area contributed by atoms with E-state index in [-0.39, 0.29) is 31.1 Å². The zero-order chi connectivity index (χ0) is 16.0. The minimum absolute atomic E-state index is 0.00905. The van der Waals surface area contributed by atoms with Crippen LogP contribution in [0.2, 0.25) is 0 Å². The monoisotopic (exact) mass is 293 g/mol. The summed E-state index contributed by atoms with van der Waals surface area (Å²) in [6.07, 6.45) is 0. The van der Waals surface area contributed by atoms with Gasteiger partial charge in [-0.05, 0) is 42.9 Å². The molecule has 1 aromatic rings. The van der Waals surface area contributed by atoms with Crippen molar-refractivity contribution in [2.75, 3.05) is 13.2 Å². The van der Waals surface area contributed by atoms with E-state index in [1.807, 2.05) is 32.9 Å². The highest BCUT2D eigenvalue weighted by Crippen LogP contribution is 2.24. The molecule has 1 aromatic carbocycles. The van der Waals surface area contributed by atoms with Crippen LogP contribution in [0, 0.1) is 12.8 Å². The van der Waals surface area contributed by atoms with E-state index in [4.69, 9.17) is 9.84 Å². The van der Waals surface area contributed by atoms with Gasteiger partial charge in [0, 0.05) is 12.6 Å². The number of hydrogen-bond donors (Lipinski definition) is 2. The third-order valence-corrected chi connectivity index (χ3v) is 3.77. The maximum absolute atomic E-state index is 11.9. The number of amides is 1.